The first-order valence-electron chi connectivity index (χ1n) is 7.88. The Hall–Kier alpha value is -2.45. The zero-order valence-corrected chi connectivity index (χ0v) is 14.6. The highest BCUT2D eigenvalue weighted by Crippen LogP contribution is 2.28. The second-order valence-corrected chi connectivity index (χ2v) is 6.35. The van der Waals surface area contributed by atoms with Crippen molar-refractivity contribution in [3.8, 4) is 16.9 Å². The summed E-state index contributed by atoms with van der Waals surface area (Å²) in [7, 11) is 0. The Labute approximate surface area is 147 Å². The number of benzene rings is 3. The molecule has 0 radical (unpaired) electrons. The number of anilines is 1. The summed E-state index contributed by atoms with van der Waals surface area (Å²) < 4.78 is 5.84. The van der Waals surface area contributed by atoms with Crippen LogP contribution in [0.1, 0.15) is 16.7 Å². The average Bonchev–Trinajstić information content (AvgIpc) is 2.56. The first kappa shape index (κ1) is 16.4. The Balaban J connectivity index is 1.82. The standard InChI is InChI=1S/C21H20ClNO/c1-14-5-3-6-15(2)21(14)17-8-4-7-16(11-17)13-24-18-9-10-20(23)19(22)12-18/h3-12H,13,23H2,1-2H3. The number of aryl methyl sites for hydroxylation is 2. The molecule has 0 saturated carbocycles. The molecule has 24 heavy (non-hydrogen) atoms. The highest BCUT2D eigenvalue weighted by molar-refractivity contribution is 6.33. The van der Waals surface area contributed by atoms with Crippen LogP contribution in [0.25, 0.3) is 11.1 Å². The molecule has 0 amide bonds. The van der Waals surface area contributed by atoms with E-state index in [0.29, 0.717) is 23.1 Å². The van der Waals surface area contributed by atoms with E-state index in [9.17, 15) is 0 Å². The van der Waals surface area contributed by atoms with E-state index in [0.717, 1.165) is 5.56 Å². The molecule has 3 rings (SSSR count). The van der Waals surface area contributed by atoms with Crippen molar-refractivity contribution in [2.45, 2.75) is 20.5 Å². The molecule has 0 aliphatic heterocycles. The minimum atomic E-state index is 0.485. The molecule has 122 valence electrons. The Morgan fingerprint density at radius 1 is 0.917 bits per heavy atom. The quantitative estimate of drug-likeness (QED) is 0.612. The van der Waals surface area contributed by atoms with Gasteiger partial charge in [-0.1, -0.05) is 48.0 Å². The van der Waals surface area contributed by atoms with Gasteiger partial charge in [-0.15, -0.1) is 0 Å². The third-order valence-electron chi connectivity index (χ3n) is 4.07. The Kier molecular flexibility index (Phi) is 4.77. The van der Waals surface area contributed by atoms with Crippen molar-refractivity contribution < 1.29 is 4.74 Å². The smallest absolute Gasteiger partial charge is 0.121 e. The molecule has 0 spiro atoms. The molecule has 0 aliphatic rings. The first-order valence-corrected chi connectivity index (χ1v) is 8.26. The van der Waals surface area contributed by atoms with Gasteiger partial charge in [0.15, 0.2) is 0 Å². The lowest BCUT2D eigenvalue weighted by Gasteiger charge is -2.12. The van der Waals surface area contributed by atoms with Crippen LogP contribution in [0, 0.1) is 13.8 Å². The lowest BCUT2D eigenvalue weighted by atomic mass is 9.95. The van der Waals surface area contributed by atoms with Crippen LogP contribution < -0.4 is 10.5 Å². The Morgan fingerprint density at radius 2 is 1.62 bits per heavy atom. The van der Waals surface area contributed by atoms with Crippen LogP contribution in [0.4, 0.5) is 5.69 Å². The lowest BCUT2D eigenvalue weighted by Crippen LogP contribution is -1.97. The Bertz CT molecular complexity index is 853. The van der Waals surface area contributed by atoms with Gasteiger partial charge in [-0.2, -0.15) is 0 Å². The molecule has 0 saturated heterocycles. The van der Waals surface area contributed by atoms with Gasteiger partial charge in [-0.3, -0.25) is 0 Å². The van der Waals surface area contributed by atoms with Gasteiger partial charge in [0.25, 0.3) is 0 Å². The van der Waals surface area contributed by atoms with Crippen LogP contribution in [0.5, 0.6) is 5.75 Å². The van der Waals surface area contributed by atoms with E-state index < -0.39 is 0 Å². The van der Waals surface area contributed by atoms with Gasteiger partial charge in [-0.05, 0) is 59.9 Å². The molecule has 3 aromatic carbocycles. The molecule has 0 heterocycles. The normalized spacial score (nSPS) is 10.6. The molecule has 0 unspecified atom stereocenters. The summed E-state index contributed by atoms with van der Waals surface area (Å²) >= 11 is 6.03. The molecule has 2 N–H and O–H groups in total. The van der Waals surface area contributed by atoms with Crippen LogP contribution >= 0.6 is 11.6 Å². The highest BCUT2D eigenvalue weighted by atomic mass is 35.5. The predicted molar refractivity (Wildman–Crippen MR) is 102 cm³/mol. The maximum Gasteiger partial charge on any atom is 0.121 e. The van der Waals surface area contributed by atoms with E-state index in [1.54, 1.807) is 12.1 Å². The lowest BCUT2D eigenvalue weighted by molar-refractivity contribution is 0.306. The highest BCUT2D eigenvalue weighted by Gasteiger charge is 2.06. The van der Waals surface area contributed by atoms with Crippen LogP contribution in [-0.2, 0) is 6.61 Å². The largest absolute Gasteiger partial charge is 0.489 e. The number of rotatable bonds is 4. The van der Waals surface area contributed by atoms with E-state index in [-0.39, 0.29) is 0 Å². The molecule has 0 atom stereocenters. The molecule has 0 fully saturated rings. The monoisotopic (exact) mass is 337 g/mol. The van der Waals surface area contributed by atoms with Crippen LogP contribution in [0.15, 0.2) is 60.7 Å². The number of hydrogen-bond donors (Lipinski definition) is 1. The fourth-order valence-electron chi connectivity index (χ4n) is 2.85. The van der Waals surface area contributed by atoms with E-state index in [1.807, 2.05) is 6.07 Å². The first-order chi connectivity index (χ1) is 11.5. The second kappa shape index (κ2) is 6.98. The summed E-state index contributed by atoms with van der Waals surface area (Å²) in [6.07, 6.45) is 0. The topological polar surface area (TPSA) is 35.2 Å². The van der Waals surface area contributed by atoms with E-state index in [2.05, 4.69) is 56.3 Å². The minimum absolute atomic E-state index is 0.485. The van der Waals surface area contributed by atoms with Gasteiger partial charge in [0, 0.05) is 6.07 Å². The maximum absolute atomic E-state index is 6.03. The molecule has 0 aromatic heterocycles. The molecule has 2 nitrogen and oxygen atoms in total. The number of nitrogens with two attached hydrogens (primary N) is 1. The average molecular weight is 338 g/mol. The molecule has 3 aromatic rings. The second-order valence-electron chi connectivity index (χ2n) is 5.94. The van der Waals surface area contributed by atoms with Crippen LogP contribution in [-0.4, -0.2) is 0 Å². The summed E-state index contributed by atoms with van der Waals surface area (Å²) in [4.78, 5) is 0. The maximum atomic E-state index is 6.03. The van der Waals surface area contributed by atoms with Crippen molar-refractivity contribution in [1.82, 2.24) is 0 Å². The van der Waals surface area contributed by atoms with Gasteiger partial charge in [-0.25, -0.2) is 0 Å². The fraction of sp³-hybridized carbons (Fsp3) is 0.143. The molecule has 3 heteroatoms. The van der Waals surface area contributed by atoms with Crippen molar-refractivity contribution in [2.24, 2.45) is 0 Å². The summed E-state index contributed by atoms with van der Waals surface area (Å²) in [6, 6.07) is 20.1. The third kappa shape index (κ3) is 3.55. The fourth-order valence-corrected chi connectivity index (χ4v) is 3.02. The Morgan fingerprint density at radius 3 is 2.33 bits per heavy atom. The van der Waals surface area contributed by atoms with Gasteiger partial charge in [0.1, 0.15) is 12.4 Å². The van der Waals surface area contributed by atoms with Crippen LogP contribution in [0.3, 0.4) is 0 Å². The molecule has 0 aliphatic carbocycles. The van der Waals surface area contributed by atoms with Crippen molar-refractivity contribution in [3.63, 3.8) is 0 Å². The number of nitrogen functional groups attached to an aromatic ring is 1. The van der Waals surface area contributed by atoms with Gasteiger partial charge in [0.2, 0.25) is 0 Å². The predicted octanol–water partition coefficient (Wildman–Crippen LogP) is 5.79. The van der Waals surface area contributed by atoms with Crippen LogP contribution in [0.2, 0.25) is 5.02 Å². The van der Waals surface area contributed by atoms with Crippen molar-refractivity contribution >= 4 is 17.3 Å². The zero-order chi connectivity index (χ0) is 17.1. The van der Waals surface area contributed by atoms with E-state index in [1.165, 1.54) is 22.3 Å². The summed E-state index contributed by atoms with van der Waals surface area (Å²) in [5, 5.41) is 0.511. The summed E-state index contributed by atoms with van der Waals surface area (Å²) in [5.41, 5.74) is 12.4. The minimum Gasteiger partial charge on any atom is -0.489 e. The van der Waals surface area contributed by atoms with Crippen molar-refractivity contribution in [3.05, 3.63) is 82.4 Å². The number of ether oxygens (including phenoxy) is 1. The SMILES string of the molecule is Cc1cccc(C)c1-c1cccc(COc2ccc(N)c(Cl)c2)c1. The van der Waals surface area contributed by atoms with E-state index >= 15 is 0 Å². The molecule has 0 bridgehead atoms. The zero-order valence-electron chi connectivity index (χ0n) is 13.8. The van der Waals surface area contributed by atoms with E-state index in [4.69, 9.17) is 22.1 Å². The summed E-state index contributed by atoms with van der Waals surface area (Å²) in [6.45, 7) is 4.77. The summed E-state index contributed by atoms with van der Waals surface area (Å²) in [5.74, 6) is 0.715. The van der Waals surface area contributed by atoms with Crippen molar-refractivity contribution in [1.29, 1.82) is 0 Å². The van der Waals surface area contributed by atoms with Gasteiger partial charge in [0.05, 0.1) is 10.7 Å². The number of hydrogen-bond acceptors (Lipinski definition) is 2. The van der Waals surface area contributed by atoms with Crippen molar-refractivity contribution in [2.75, 3.05) is 5.73 Å². The van der Waals surface area contributed by atoms with Gasteiger partial charge < -0.3 is 10.5 Å². The third-order valence-corrected chi connectivity index (χ3v) is 4.40. The number of halogens is 1. The van der Waals surface area contributed by atoms with Gasteiger partial charge >= 0.3 is 0 Å². The molecular weight excluding hydrogens is 318 g/mol. The molecular formula is C21H20ClNO.